The normalized spacial score (nSPS) is 28.6. The van der Waals surface area contributed by atoms with Gasteiger partial charge in [0.05, 0.1) is 26.4 Å². The van der Waals surface area contributed by atoms with Crippen molar-refractivity contribution < 1.29 is 24.1 Å². The van der Waals surface area contributed by atoms with Crippen LogP contribution in [0.25, 0.3) is 0 Å². The van der Waals surface area contributed by atoms with E-state index in [-0.39, 0.29) is 0 Å². The van der Waals surface area contributed by atoms with Crippen LogP contribution in [0.2, 0.25) is 0 Å². The van der Waals surface area contributed by atoms with Crippen LogP contribution in [0.15, 0.2) is 0 Å². The monoisotopic (exact) mass is 191 g/mol. The van der Waals surface area contributed by atoms with Crippen LogP contribution in [0.1, 0.15) is 0 Å². The Balaban J connectivity index is 0.000000184. The zero-order chi connectivity index (χ0) is 9.68. The van der Waals surface area contributed by atoms with Gasteiger partial charge in [-0.05, 0) is 0 Å². The van der Waals surface area contributed by atoms with Crippen molar-refractivity contribution in [3.8, 4) is 0 Å². The van der Waals surface area contributed by atoms with E-state index in [2.05, 4.69) is 5.73 Å². The molecule has 0 saturated carbocycles. The van der Waals surface area contributed by atoms with Crippen molar-refractivity contribution in [1.82, 2.24) is 0 Å². The summed E-state index contributed by atoms with van der Waals surface area (Å²) in [5.74, 6) is 0. The molecule has 2 unspecified atom stereocenters. The van der Waals surface area contributed by atoms with Crippen LogP contribution in [0, 0.1) is 0 Å². The van der Waals surface area contributed by atoms with Crippen molar-refractivity contribution in [1.29, 1.82) is 0 Å². The summed E-state index contributed by atoms with van der Waals surface area (Å²) in [6.07, 6.45) is -0.549. The topological polar surface area (TPSA) is 97.6 Å². The van der Waals surface area contributed by atoms with E-state index in [1.807, 2.05) is 0 Å². The number of rotatable bonds is 4. The third-order valence-electron chi connectivity index (χ3n) is 1.41. The summed E-state index contributed by atoms with van der Waals surface area (Å²) < 4.78 is 15.1. The minimum Gasteiger partial charge on any atom is -0.465 e. The van der Waals surface area contributed by atoms with Crippen molar-refractivity contribution in [3.05, 3.63) is 0 Å². The summed E-state index contributed by atoms with van der Waals surface area (Å²) in [5, 5.41) is 7.19. The van der Waals surface area contributed by atoms with Crippen LogP contribution in [0.5, 0.6) is 0 Å². The Kier molecular flexibility index (Phi) is 3.94. The van der Waals surface area contributed by atoms with E-state index >= 15 is 0 Å². The number of epoxide rings is 2. The summed E-state index contributed by atoms with van der Waals surface area (Å²) in [4.78, 5) is 8.78. The van der Waals surface area contributed by atoms with Crippen molar-refractivity contribution in [3.63, 3.8) is 0 Å². The third kappa shape index (κ3) is 7.51. The lowest BCUT2D eigenvalue weighted by molar-refractivity contribution is 0.102. The molecule has 2 heterocycles. The van der Waals surface area contributed by atoms with Gasteiger partial charge in [-0.1, -0.05) is 0 Å². The Morgan fingerprint density at radius 2 is 1.69 bits per heavy atom. The van der Waals surface area contributed by atoms with Gasteiger partial charge in [0, 0.05) is 0 Å². The largest absolute Gasteiger partial charge is 0.465 e. The lowest BCUT2D eigenvalue weighted by atomic mass is 10.5. The molecule has 0 aromatic carbocycles. The molecule has 0 aromatic heterocycles. The highest BCUT2D eigenvalue weighted by Gasteiger charge is 2.26. The fourth-order valence-corrected chi connectivity index (χ4v) is 0.659. The standard InChI is InChI=1S/C6H10O3.CH3NO2/c1(5-3-8-5)7-2-6-4-9-6;2-1(3)4/h5-6H,1-4H2;2H2,(H,3,4). The number of primary amides is 1. The van der Waals surface area contributed by atoms with Crippen LogP contribution >= 0.6 is 0 Å². The summed E-state index contributed by atoms with van der Waals surface area (Å²) in [7, 11) is 0. The average Bonchev–Trinajstić information content (AvgIpc) is 2.78. The van der Waals surface area contributed by atoms with E-state index in [9.17, 15) is 0 Å². The Hall–Kier alpha value is -0.850. The second-order valence-electron chi connectivity index (χ2n) is 2.79. The molecule has 76 valence electrons. The Labute approximate surface area is 75.6 Å². The first kappa shape index (κ1) is 10.2. The Bertz CT molecular complexity index is 150. The molecule has 6 nitrogen and oxygen atoms in total. The quantitative estimate of drug-likeness (QED) is 0.579. The van der Waals surface area contributed by atoms with Gasteiger partial charge in [0.15, 0.2) is 0 Å². The fourth-order valence-electron chi connectivity index (χ4n) is 0.659. The first-order chi connectivity index (χ1) is 6.18. The average molecular weight is 191 g/mol. The molecule has 1 amide bonds. The lowest BCUT2D eigenvalue weighted by Crippen LogP contribution is -2.06. The van der Waals surface area contributed by atoms with Gasteiger partial charge < -0.3 is 25.1 Å². The number of hydrogen-bond donors (Lipinski definition) is 2. The lowest BCUT2D eigenvalue weighted by Gasteiger charge is -1.95. The summed E-state index contributed by atoms with van der Waals surface area (Å²) in [5.41, 5.74) is 4.03. The molecule has 2 saturated heterocycles. The number of amides is 1. The highest BCUT2D eigenvalue weighted by Crippen LogP contribution is 2.12. The highest BCUT2D eigenvalue weighted by molar-refractivity contribution is 5.61. The summed E-state index contributed by atoms with van der Waals surface area (Å²) in [6.45, 7) is 3.26. The van der Waals surface area contributed by atoms with E-state index in [1.165, 1.54) is 0 Å². The maximum absolute atomic E-state index is 8.78. The van der Waals surface area contributed by atoms with Crippen LogP contribution in [-0.4, -0.2) is 49.8 Å². The van der Waals surface area contributed by atoms with Crippen molar-refractivity contribution in [2.24, 2.45) is 5.73 Å². The maximum Gasteiger partial charge on any atom is 0.402 e. The van der Waals surface area contributed by atoms with E-state index in [0.717, 1.165) is 26.4 Å². The zero-order valence-electron chi connectivity index (χ0n) is 7.14. The predicted molar refractivity (Wildman–Crippen MR) is 42.5 cm³/mol. The number of hydrogen-bond acceptors (Lipinski definition) is 4. The molecular formula is C7H13NO5. The molecule has 13 heavy (non-hydrogen) atoms. The Morgan fingerprint density at radius 1 is 1.38 bits per heavy atom. The fraction of sp³-hybridized carbons (Fsp3) is 0.857. The van der Waals surface area contributed by atoms with Crippen LogP contribution in [-0.2, 0) is 14.2 Å². The molecule has 0 radical (unpaired) electrons. The molecule has 6 heteroatoms. The molecule has 0 bridgehead atoms. The molecule has 3 N–H and O–H groups in total. The molecule has 2 aliphatic heterocycles. The number of ether oxygens (including phenoxy) is 3. The smallest absolute Gasteiger partial charge is 0.402 e. The predicted octanol–water partition coefficient (Wildman–Crippen LogP) is -0.576. The maximum atomic E-state index is 8.78. The van der Waals surface area contributed by atoms with Gasteiger partial charge in [-0.3, -0.25) is 0 Å². The number of nitrogens with two attached hydrogens (primary N) is 1. The molecule has 0 aliphatic carbocycles. The van der Waals surface area contributed by atoms with Gasteiger partial charge in [-0.15, -0.1) is 0 Å². The minimum atomic E-state index is -1.33. The van der Waals surface area contributed by atoms with Crippen molar-refractivity contribution in [2.45, 2.75) is 12.2 Å². The SMILES string of the molecule is C(OCC1CO1)C1CO1.NC(=O)O. The molecule has 0 aromatic rings. The van der Waals surface area contributed by atoms with E-state index in [4.69, 9.17) is 24.1 Å². The van der Waals surface area contributed by atoms with E-state index in [1.54, 1.807) is 0 Å². The minimum absolute atomic E-state index is 0.392. The van der Waals surface area contributed by atoms with Gasteiger partial charge in [0.25, 0.3) is 0 Å². The Morgan fingerprint density at radius 3 is 1.92 bits per heavy atom. The zero-order valence-corrected chi connectivity index (χ0v) is 7.14. The van der Waals surface area contributed by atoms with Gasteiger partial charge in [0.2, 0.25) is 0 Å². The molecular weight excluding hydrogens is 178 g/mol. The van der Waals surface area contributed by atoms with Crippen molar-refractivity contribution in [2.75, 3.05) is 26.4 Å². The molecule has 2 rings (SSSR count). The second-order valence-corrected chi connectivity index (χ2v) is 2.79. The number of carbonyl (C=O) groups is 1. The van der Waals surface area contributed by atoms with E-state index < -0.39 is 6.09 Å². The highest BCUT2D eigenvalue weighted by atomic mass is 16.6. The van der Waals surface area contributed by atoms with Crippen LogP contribution in [0.3, 0.4) is 0 Å². The molecule has 0 spiro atoms. The molecule has 2 aliphatic rings. The van der Waals surface area contributed by atoms with Gasteiger partial charge in [-0.2, -0.15) is 0 Å². The second kappa shape index (κ2) is 5.00. The number of carboxylic acid groups (broad SMARTS) is 1. The first-order valence-corrected chi connectivity index (χ1v) is 3.98. The first-order valence-electron chi connectivity index (χ1n) is 3.98. The van der Waals surface area contributed by atoms with E-state index in [0.29, 0.717) is 12.2 Å². The van der Waals surface area contributed by atoms with Crippen LogP contribution < -0.4 is 5.73 Å². The van der Waals surface area contributed by atoms with Gasteiger partial charge in [0.1, 0.15) is 12.2 Å². The van der Waals surface area contributed by atoms with Crippen molar-refractivity contribution >= 4 is 6.09 Å². The molecule has 2 atom stereocenters. The summed E-state index contributed by atoms with van der Waals surface area (Å²) >= 11 is 0. The molecule has 2 fully saturated rings. The van der Waals surface area contributed by atoms with Gasteiger partial charge >= 0.3 is 6.09 Å². The third-order valence-corrected chi connectivity index (χ3v) is 1.41. The van der Waals surface area contributed by atoms with Crippen LogP contribution in [0.4, 0.5) is 4.79 Å². The summed E-state index contributed by atoms with van der Waals surface area (Å²) in [6, 6.07) is 0. The van der Waals surface area contributed by atoms with Gasteiger partial charge in [-0.25, -0.2) is 4.79 Å².